The van der Waals surface area contributed by atoms with Gasteiger partial charge in [-0.2, -0.15) is 0 Å². The zero-order chi connectivity index (χ0) is 14.1. The Hall–Kier alpha value is -1.20. The number of nitrogens with one attached hydrogen (secondary N) is 1. The average Bonchev–Trinajstić information content (AvgIpc) is 3.21. The molecule has 1 N–H and O–H groups in total. The molecule has 0 radical (unpaired) electrons. The third-order valence-corrected chi connectivity index (χ3v) is 4.87. The quantitative estimate of drug-likeness (QED) is 0.879. The fraction of sp³-hybridized carbons (Fsp3) is 0.600. The van der Waals surface area contributed by atoms with Crippen LogP contribution >= 0.6 is 11.3 Å². The summed E-state index contributed by atoms with van der Waals surface area (Å²) in [6.45, 7) is 4.92. The predicted molar refractivity (Wildman–Crippen MR) is 83.4 cm³/mol. The lowest BCUT2D eigenvalue weighted by Gasteiger charge is -2.15. The van der Waals surface area contributed by atoms with E-state index in [0.29, 0.717) is 12.5 Å². The molecule has 1 unspecified atom stereocenters. The highest BCUT2D eigenvalue weighted by Crippen LogP contribution is 2.43. The second-order valence-electron chi connectivity index (χ2n) is 5.18. The van der Waals surface area contributed by atoms with Crippen molar-refractivity contribution in [2.75, 3.05) is 19.0 Å². The fourth-order valence-electron chi connectivity index (χ4n) is 2.48. The number of anilines is 1. The topological polar surface area (TPSA) is 47.0 Å². The van der Waals surface area contributed by atoms with Crippen molar-refractivity contribution in [3.05, 3.63) is 16.8 Å². The molecule has 20 heavy (non-hydrogen) atoms. The third-order valence-electron chi connectivity index (χ3n) is 3.70. The van der Waals surface area contributed by atoms with Gasteiger partial charge in [-0.3, -0.25) is 0 Å². The Morgan fingerprint density at radius 1 is 1.40 bits per heavy atom. The summed E-state index contributed by atoms with van der Waals surface area (Å²) < 4.78 is 5.89. The van der Waals surface area contributed by atoms with E-state index in [1.165, 1.54) is 17.7 Å². The summed E-state index contributed by atoms with van der Waals surface area (Å²) in [5.41, 5.74) is 0. The highest BCUT2D eigenvalue weighted by Gasteiger charge is 2.35. The second-order valence-corrected chi connectivity index (χ2v) is 6.29. The van der Waals surface area contributed by atoms with Crippen molar-refractivity contribution in [2.45, 2.75) is 39.2 Å². The van der Waals surface area contributed by atoms with Crippen LogP contribution in [0.2, 0.25) is 0 Å². The summed E-state index contributed by atoms with van der Waals surface area (Å²) in [7, 11) is 1.92. The van der Waals surface area contributed by atoms with Crippen LogP contribution in [-0.2, 0) is 11.2 Å². The molecule has 1 fully saturated rings. The predicted octanol–water partition coefficient (Wildman–Crippen LogP) is 3.78. The molecule has 2 heterocycles. The number of hydrogen-bond donors (Lipinski definition) is 1. The summed E-state index contributed by atoms with van der Waals surface area (Å²) in [6, 6.07) is 2.20. The van der Waals surface area contributed by atoms with Crippen LogP contribution in [0.15, 0.2) is 6.07 Å². The van der Waals surface area contributed by atoms with E-state index < -0.39 is 0 Å². The molecule has 1 atom stereocenters. The molecule has 3 rings (SSSR count). The van der Waals surface area contributed by atoms with E-state index in [1.54, 1.807) is 11.3 Å². The molecule has 1 aliphatic rings. The van der Waals surface area contributed by atoms with Crippen molar-refractivity contribution in [3.8, 4) is 0 Å². The number of ether oxygens (including phenoxy) is 1. The van der Waals surface area contributed by atoms with E-state index in [1.807, 2.05) is 14.0 Å². The summed E-state index contributed by atoms with van der Waals surface area (Å²) in [4.78, 5) is 11.9. The molecule has 2 aromatic rings. The van der Waals surface area contributed by atoms with Crippen LogP contribution in [0.5, 0.6) is 0 Å². The normalized spacial score (nSPS) is 16.6. The minimum Gasteiger partial charge on any atom is -0.372 e. The summed E-state index contributed by atoms with van der Waals surface area (Å²) >= 11 is 1.76. The van der Waals surface area contributed by atoms with Gasteiger partial charge in [0.15, 0.2) is 5.82 Å². The lowest BCUT2D eigenvalue weighted by molar-refractivity contribution is 0.0404. The number of nitrogens with zero attached hydrogens (tertiary/aromatic N) is 2. The van der Waals surface area contributed by atoms with E-state index in [0.717, 1.165) is 28.3 Å². The van der Waals surface area contributed by atoms with Crippen LogP contribution in [0.3, 0.4) is 0 Å². The Morgan fingerprint density at radius 3 is 2.80 bits per heavy atom. The van der Waals surface area contributed by atoms with Crippen molar-refractivity contribution < 1.29 is 4.74 Å². The van der Waals surface area contributed by atoms with Gasteiger partial charge in [-0.05, 0) is 38.2 Å². The van der Waals surface area contributed by atoms with Gasteiger partial charge in [-0.1, -0.05) is 6.92 Å². The lowest BCUT2D eigenvalue weighted by atomic mass is 10.2. The van der Waals surface area contributed by atoms with Gasteiger partial charge in [0, 0.05) is 18.5 Å². The number of aryl methyl sites for hydroxylation is 1. The maximum absolute atomic E-state index is 5.89. The van der Waals surface area contributed by atoms with Crippen molar-refractivity contribution in [3.63, 3.8) is 0 Å². The van der Waals surface area contributed by atoms with E-state index in [4.69, 9.17) is 14.7 Å². The van der Waals surface area contributed by atoms with Gasteiger partial charge in [0.05, 0.1) is 5.39 Å². The van der Waals surface area contributed by atoms with Crippen LogP contribution in [0.4, 0.5) is 5.82 Å². The number of hydrogen-bond acceptors (Lipinski definition) is 5. The first-order chi connectivity index (χ1) is 9.76. The molecule has 0 aliphatic heterocycles. The van der Waals surface area contributed by atoms with E-state index in [2.05, 4.69) is 18.3 Å². The van der Waals surface area contributed by atoms with Gasteiger partial charge in [0.25, 0.3) is 0 Å². The van der Waals surface area contributed by atoms with Gasteiger partial charge in [-0.15, -0.1) is 11.3 Å². The van der Waals surface area contributed by atoms with Gasteiger partial charge >= 0.3 is 0 Å². The molecule has 1 saturated carbocycles. The molecule has 0 saturated heterocycles. The Labute approximate surface area is 123 Å². The molecule has 1 aliphatic carbocycles. The maximum Gasteiger partial charge on any atom is 0.161 e. The molecule has 0 bridgehead atoms. The van der Waals surface area contributed by atoms with Crippen LogP contribution in [0, 0.1) is 5.92 Å². The minimum absolute atomic E-state index is 0.0590. The molecular weight excluding hydrogens is 270 g/mol. The first-order valence-corrected chi connectivity index (χ1v) is 8.18. The monoisotopic (exact) mass is 291 g/mol. The van der Waals surface area contributed by atoms with Crippen LogP contribution in [-0.4, -0.2) is 23.6 Å². The van der Waals surface area contributed by atoms with Gasteiger partial charge in [-0.25, -0.2) is 9.97 Å². The lowest BCUT2D eigenvalue weighted by Crippen LogP contribution is -2.12. The van der Waals surface area contributed by atoms with Crippen LogP contribution in [0.25, 0.3) is 10.2 Å². The Morgan fingerprint density at radius 2 is 2.20 bits per heavy atom. The Bertz CT molecular complexity index is 606. The van der Waals surface area contributed by atoms with Gasteiger partial charge in [0.1, 0.15) is 16.8 Å². The second kappa shape index (κ2) is 5.66. The molecule has 0 spiro atoms. The van der Waals surface area contributed by atoms with Gasteiger partial charge in [0.2, 0.25) is 0 Å². The average molecular weight is 291 g/mol. The third kappa shape index (κ3) is 2.52. The molecule has 0 amide bonds. The number of thiophene rings is 1. The first kappa shape index (κ1) is 13.8. The van der Waals surface area contributed by atoms with E-state index in [9.17, 15) is 0 Å². The Kier molecular flexibility index (Phi) is 3.89. The van der Waals surface area contributed by atoms with Crippen molar-refractivity contribution in [1.29, 1.82) is 0 Å². The molecule has 4 nitrogen and oxygen atoms in total. The highest BCUT2D eigenvalue weighted by molar-refractivity contribution is 7.18. The molecule has 2 aromatic heterocycles. The number of rotatable bonds is 6. The van der Waals surface area contributed by atoms with Crippen LogP contribution < -0.4 is 5.32 Å². The molecular formula is C15H21N3OS. The van der Waals surface area contributed by atoms with E-state index >= 15 is 0 Å². The SMILES string of the molecule is CCOC(c1nc(NC)c2cc(CC)sc2n1)C1CC1. The smallest absolute Gasteiger partial charge is 0.161 e. The van der Waals surface area contributed by atoms with E-state index in [-0.39, 0.29) is 6.10 Å². The zero-order valence-electron chi connectivity index (χ0n) is 12.3. The molecule has 0 aromatic carbocycles. The summed E-state index contributed by atoms with van der Waals surface area (Å²) in [6.07, 6.45) is 3.55. The van der Waals surface area contributed by atoms with Crippen molar-refractivity contribution in [1.82, 2.24) is 9.97 Å². The minimum atomic E-state index is 0.0590. The molecule has 108 valence electrons. The van der Waals surface area contributed by atoms with Crippen LogP contribution in [0.1, 0.15) is 43.5 Å². The molecule has 5 heteroatoms. The zero-order valence-corrected chi connectivity index (χ0v) is 13.1. The first-order valence-electron chi connectivity index (χ1n) is 7.36. The fourth-order valence-corrected chi connectivity index (χ4v) is 3.45. The number of aromatic nitrogens is 2. The van der Waals surface area contributed by atoms with Gasteiger partial charge < -0.3 is 10.1 Å². The van der Waals surface area contributed by atoms with Crippen molar-refractivity contribution in [2.24, 2.45) is 5.92 Å². The maximum atomic E-state index is 5.89. The summed E-state index contributed by atoms with van der Waals surface area (Å²) in [5.74, 6) is 2.37. The largest absolute Gasteiger partial charge is 0.372 e. The summed E-state index contributed by atoms with van der Waals surface area (Å²) in [5, 5.41) is 4.33. The highest BCUT2D eigenvalue weighted by atomic mass is 32.1. The standard InChI is InChI=1S/C15H21N3OS/c1-4-10-8-11-13(16-3)17-14(18-15(11)20-10)12(19-5-2)9-6-7-9/h8-9,12H,4-7H2,1-3H3,(H,16,17,18). The number of fused-ring (bicyclic) bond motifs is 1. The Balaban J connectivity index is 2.06. The van der Waals surface area contributed by atoms with Crippen molar-refractivity contribution >= 4 is 27.4 Å².